The topological polar surface area (TPSA) is 35.6 Å². The summed E-state index contributed by atoms with van der Waals surface area (Å²) in [5.41, 5.74) is 11.2. The lowest BCUT2D eigenvalue weighted by Crippen LogP contribution is -1.94. The van der Waals surface area contributed by atoms with Crippen LogP contribution in [0, 0.1) is 11.8 Å². The van der Waals surface area contributed by atoms with Crippen LogP contribution in [0.3, 0.4) is 0 Å². The maximum atomic E-state index is 4.64. The first kappa shape index (κ1) is 28.1. The largest absolute Gasteiger partial charge is 0.309 e. The Balaban J connectivity index is 1.08. The van der Waals surface area contributed by atoms with Crippen molar-refractivity contribution in [3.05, 3.63) is 181 Å². The molecule has 232 valence electrons. The Morgan fingerprint density at radius 2 is 1.04 bits per heavy atom. The van der Waals surface area contributed by atoms with E-state index in [-0.39, 0.29) is 0 Å². The molecule has 0 amide bonds. The quantitative estimate of drug-likeness (QED) is 0.181. The summed E-state index contributed by atoms with van der Waals surface area (Å²) < 4.78 is 4.72. The van der Waals surface area contributed by atoms with Gasteiger partial charge >= 0.3 is 0 Å². The third-order valence-corrected chi connectivity index (χ3v) is 9.60. The first-order chi connectivity index (χ1) is 24.8. The molecule has 0 fully saturated rings. The van der Waals surface area contributed by atoms with Crippen LogP contribution in [0.2, 0.25) is 0 Å². The maximum absolute atomic E-state index is 4.64. The van der Waals surface area contributed by atoms with Crippen LogP contribution < -0.4 is 0 Å². The normalized spacial score (nSPS) is 11.4. The van der Waals surface area contributed by atoms with Crippen molar-refractivity contribution in [3.63, 3.8) is 0 Å². The van der Waals surface area contributed by atoms with Gasteiger partial charge in [-0.15, -0.1) is 0 Å². The summed E-state index contributed by atoms with van der Waals surface area (Å²) in [7, 11) is 0. The molecule has 0 N–H and O–H groups in total. The van der Waals surface area contributed by atoms with E-state index in [2.05, 4.69) is 170 Å². The Bertz CT molecular complexity index is 2990. The van der Waals surface area contributed by atoms with Crippen LogP contribution in [-0.2, 0) is 0 Å². The van der Waals surface area contributed by atoms with Crippen molar-refractivity contribution in [2.24, 2.45) is 0 Å². The van der Waals surface area contributed by atoms with Crippen LogP contribution in [0.1, 0.15) is 11.4 Å². The molecule has 50 heavy (non-hydrogen) atoms. The molecule has 3 heterocycles. The van der Waals surface area contributed by atoms with Gasteiger partial charge in [0.15, 0.2) is 0 Å². The van der Waals surface area contributed by atoms with Crippen molar-refractivity contribution in [2.45, 2.75) is 0 Å². The zero-order chi connectivity index (χ0) is 33.0. The predicted molar refractivity (Wildman–Crippen MR) is 206 cm³/mol. The molecule has 0 saturated heterocycles. The molecule has 0 unspecified atom stereocenters. The second kappa shape index (κ2) is 11.3. The van der Waals surface area contributed by atoms with E-state index < -0.39 is 0 Å². The van der Waals surface area contributed by atoms with E-state index >= 15 is 0 Å². The molecule has 0 bridgehead atoms. The van der Waals surface area contributed by atoms with E-state index in [0.717, 1.165) is 44.3 Å². The highest BCUT2D eigenvalue weighted by Gasteiger charge is 2.15. The van der Waals surface area contributed by atoms with Crippen molar-refractivity contribution >= 4 is 54.5 Å². The average molecular weight is 637 g/mol. The zero-order valence-electron chi connectivity index (χ0n) is 27.0. The molecule has 0 aliphatic carbocycles. The number of aromatic nitrogens is 4. The fourth-order valence-corrected chi connectivity index (χ4v) is 7.32. The van der Waals surface area contributed by atoms with Gasteiger partial charge in [-0.1, -0.05) is 96.9 Å². The third kappa shape index (κ3) is 4.57. The zero-order valence-corrected chi connectivity index (χ0v) is 27.0. The van der Waals surface area contributed by atoms with Crippen LogP contribution >= 0.6 is 0 Å². The second-order valence-corrected chi connectivity index (χ2v) is 12.6. The van der Waals surface area contributed by atoms with Crippen LogP contribution in [0.5, 0.6) is 0 Å². The molecule has 0 saturated carbocycles. The SMILES string of the molecule is C(#Cc1ncc2ccccc2n1)c1ccc2c(c1)c1ccccc1n2-c1cccc(-c2ccc3c(c2)c2ccccc2n3-c2ccccc2)c1. The number of benzene rings is 7. The van der Waals surface area contributed by atoms with Crippen molar-refractivity contribution < 1.29 is 0 Å². The lowest BCUT2D eigenvalue weighted by atomic mass is 10.0. The highest BCUT2D eigenvalue weighted by Crippen LogP contribution is 2.37. The molecule has 0 aliphatic heterocycles. The number of rotatable bonds is 3. The summed E-state index contributed by atoms with van der Waals surface area (Å²) in [6.45, 7) is 0. The third-order valence-electron chi connectivity index (χ3n) is 9.60. The van der Waals surface area contributed by atoms with Gasteiger partial charge in [-0.2, -0.15) is 0 Å². The van der Waals surface area contributed by atoms with E-state index in [9.17, 15) is 0 Å². The summed E-state index contributed by atoms with van der Waals surface area (Å²) in [6.07, 6.45) is 1.83. The Morgan fingerprint density at radius 1 is 0.420 bits per heavy atom. The summed E-state index contributed by atoms with van der Waals surface area (Å²) in [4.78, 5) is 9.10. The van der Waals surface area contributed by atoms with Gasteiger partial charge in [0, 0.05) is 50.1 Å². The summed E-state index contributed by atoms with van der Waals surface area (Å²) in [5, 5.41) is 5.85. The minimum Gasteiger partial charge on any atom is -0.309 e. The molecule has 7 aromatic carbocycles. The van der Waals surface area contributed by atoms with Crippen LogP contribution in [0.4, 0.5) is 0 Å². The fraction of sp³-hybridized carbons (Fsp3) is 0. The lowest BCUT2D eigenvalue weighted by Gasteiger charge is -2.11. The van der Waals surface area contributed by atoms with Gasteiger partial charge in [0.1, 0.15) is 0 Å². The Kier molecular flexibility index (Phi) is 6.37. The monoisotopic (exact) mass is 636 g/mol. The van der Waals surface area contributed by atoms with Crippen LogP contribution in [0.15, 0.2) is 170 Å². The summed E-state index contributed by atoms with van der Waals surface area (Å²) in [6, 6.07) is 58.0. The van der Waals surface area contributed by atoms with E-state index in [1.807, 2.05) is 30.5 Å². The fourth-order valence-electron chi connectivity index (χ4n) is 7.32. The molecule has 3 aromatic heterocycles. The predicted octanol–water partition coefficient (Wildman–Crippen LogP) is 10.9. The smallest absolute Gasteiger partial charge is 0.205 e. The minimum atomic E-state index is 0.519. The highest BCUT2D eigenvalue weighted by molar-refractivity contribution is 6.11. The first-order valence-electron chi connectivity index (χ1n) is 16.7. The minimum absolute atomic E-state index is 0.519. The van der Waals surface area contributed by atoms with E-state index in [0.29, 0.717) is 5.82 Å². The van der Waals surface area contributed by atoms with Gasteiger partial charge in [0.05, 0.1) is 27.6 Å². The van der Waals surface area contributed by atoms with E-state index in [1.165, 1.54) is 38.3 Å². The molecular weight excluding hydrogens is 609 g/mol. The summed E-state index contributed by atoms with van der Waals surface area (Å²) in [5.74, 6) is 7.02. The van der Waals surface area contributed by atoms with Crippen molar-refractivity contribution in [2.75, 3.05) is 0 Å². The Hall–Kier alpha value is -6.96. The second-order valence-electron chi connectivity index (χ2n) is 12.6. The number of nitrogens with zero attached hydrogens (tertiary/aromatic N) is 4. The van der Waals surface area contributed by atoms with E-state index in [1.54, 1.807) is 0 Å². The number of para-hydroxylation sites is 4. The van der Waals surface area contributed by atoms with Crippen LogP contribution in [0.25, 0.3) is 77.0 Å². The van der Waals surface area contributed by atoms with Gasteiger partial charge in [-0.25, -0.2) is 9.97 Å². The van der Waals surface area contributed by atoms with Gasteiger partial charge in [-0.05, 0) is 89.8 Å². The average Bonchev–Trinajstić information content (AvgIpc) is 3.69. The van der Waals surface area contributed by atoms with Crippen molar-refractivity contribution in [1.82, 2.24) is 19.1 Å². The Labute approximate surface area is 288 Å². The summed E-state index contributed by atoms with van der Waals surface area (Å²) >= 11 is 0. The molecule has 4 heteroatoms. The lowest BCUT2D eigenvalue weighted by molar-refractivity contribution is 1.17. The molecular formula is C46H28N4. The van der Waals surface area contributed by atoms with Gasteiger partial charge in [-0.3, -0.25) is 0 Å². The molecule has 10 aromatic rings. The molecule has 0 spiro atoms. The number of hydrogen-bond acceptors (Lipinski definition) is 2. The molecule has 4 nitrogen and oxygen atoms in total. The molecule has 0 radical (unpaired) electrons. The van der Waals surface area contributed by atoms with Gasteiger partial charge < -0.3 is 9.13 Å². The first-order valence-corrected chi connectivity index (χ1v) is 16.7. The maximum Gasteiger partial charge on any atom is 0.205 e. The Morgan fingerprint density at radius 3 is 1.86 bits per heavy atom. The van der Waals surface area contributed by atoms with Gasteiger partial charge in [0.25, 0.3) is 0 Å². The standard InChI is InChI=1S/C46H28N4/c1-2-13-35(14-3-1)49-42-19-8-6-17-38(42)40-29-33(23-25-45(40)49)32-12-10-15-36(28-32)50-43-20-9-5-16-37(43)39-27-31(21-24-44(39)50)22-26-46-47-30-34-11-4-7-18-41(34)48-46/h1-21,23-25,27-30H. The molecule has 0 aliphatic rings. The highest BCUT2D eigenvalue weighted by atomic mass is 15.0. The number of fused-ring (bicyclic) bond motifs is 7. The van der Waals surface area contributed by atoms with Crippen LogP contribution in [-0.4, -0.2) is 19.1 Å². The number of hydrogen-bond donors (Lipinski definition) is 0. The van der Waals surface area contributed by atoms with Gasteiger partial charge in [0.2, 0.25) is 5.82 Å². The van der Waals surface area contributed by atoms with E-state index in [4.69, 9.17) is 0 Å². The van der Waals surface area contributed by atoms with Crippen molar-refractivity contribution in [3.8, 4) is 34.3 Å². The van der Waals surface area contributed by atoms with Crippen molar-refractivity contribution in [1.29, 1.82) is 0 Å². The molecule has 10 rings (SSSR count). The molecule has 0 atom stereocenters.